The van der Waals surface area contributed by atoms with Crippen molar-refractivity contribution in [3.05, 3.63) is 35.4 Å². The van der Waals surface area contributed by atoms with Crippen molar-refractivity contribution in [3.8, 4) is 0 Å². The third-order valence-electron chi connectivity index (χ3n) is 6.37. The Morgan fingerprint density at radius 1 is 1.03 bits per heavy atom. The van der Waals surface area contributed by atoms with Crippen molar-refractivity contribution in [1.29, 1.82) is 0 Å². The number of benzene rings is 1. The highest BCUT2D eigenvalue weighted by Gasteiger charge is 2.31. The lowest BCUT2D eigenvalue weighted by Gasteiger charge is -2.37. The van der Waals surface area contributed by atoms with E-state index in [0.29, 0.717) is 17.8 Å². The highest BCUT2D eigenvalue weighted by atomic mass is 17.1. The molecule has 0 amide bonds. The van der Waals surface area contributed by atoms with Crippen LogP contribution < -0.4 is 0 Å². The van der Waals surface area contributed by atoms with Crippen LogP contribution in [0, 0.1) is 16.7 Å². The van der Waals surface area contributed by atoms with Gasteiger partial charge in [0.1, 0.15) is 12.2 Å². The summed E-state index contributed by atoms with van der Waals surface area (Å²) in [6.07, 6.45) is 4.82. The van der Waals surface area contributed by atoms with E-state index in [1.54, 1.807) is 13.8 Å². The Bertz CT molecular complexity index is 629. The van der Waals surface area contributed by atoms with Gasteiger partial charge in [-0.05, 0) is 61.0 Å². The molecule has 1 unspecified atom stereocenters. The van der Waals surface area contributed by atoms with Crippen LogP contribution in [0.15, 0.2) is 24.3 Å². The zero-order valence-electron chi connectivity index (χ0n) is 19.8. The molecule has 4 nitrogen and oxygen atoms in total. The Morgan fingerprint density at radius 3 is 2.14 bits per heavy atom. The summed E-state index contributed by atoms with van der Waals surface area (Å²) in [6, 6.07) is 7.54. The van der Waals surface area contributed by atoms with E-state index in [9.17, 15) is 4.79 Å². The lowest BCUT2D eigenvalue weighted by molar-refractivity contribution is -0.318. The minimum absolute atomic E-state index is 0.112. The Balaban J connectivity index is 2.48. The minimum Gasteiger partial charge on any atom is -0.461 e. The molecule has 1 aromatic carbocycles. The molecule has 0 aromatic heterocycles. The van der Waals surface area contributed by atoms with Crippen LogP contribution in [0.5, 0.6) is 0 Å². The molecule has 0 spiro atoms. The summed E-state index contributed by atoms with van der Waals surface area (Å²) in [5, 5.41) is 8.97. The summed E-state index contributed by atoms with van der Waals surface area (Å²) in [6.45, 7) is 17.6. The van der Waals surface area contributed by atoms with Crippen molar-refractivity contribution in [3.63, 3.8) is 0 Å². The Kier molecular flexibility index (Phi) is 9.36. The van der Waals surface area contributed by atoms with Crippen LogP contribution >= 0.6 is 0 Å². The Hall–Kier alpha value is -1.39. The van der Waals surface area contributed by atoms with Crippen LogP contribution in [-0.2, 0) is 26.6 Å². The molecular weight excluding hydrogens is 364 g/mol. The van der Waals surface area contributed by atoms with Gasteiger partial charge in [-0.15, -0.1) is 0 Å². The molecule has 0 saturated carbocycles. The first-order valence-electron chi connectivity index (χ1n) is 10.9. The molecule has 1 aromatic rings. The first kappa shape index (κ1) is 25.6. The van der Waals surface area contributed by atoms with E-state index in [1.807, 2.05) is 24.3 Å². The largest absolute Gasteiger partial charge is 0.461 e. The zero-order chi connectivity index (χ0) is 22.3. The van der Waals surface area contributed by atoms with Crippen LogP contribution in [0.2, 0.25) is 0 Å². The number of esters is 1. The van der Waals surface area contributed by atoms with Gasteiger partial charge < -0.3 is 4.74 Å². The van der Waals surface area contributed by atoms with E-state index in [0.717, 1.165) is 24.0 Å². The molecule has 0 heterocycles. The topological polar surface area (TPSA) is 55.8 Å². The van der Waals surface area contributed by atoms with Gasteiger partial charge in [0.25, 0.3) is 0 Å². The van der Waals surface area contributed by atoms with Gasteiger partial charge in [0.15, 0.2) is 0 Å². The van der Waals surface area contributed by atoms with E-state index < -0.39 is 5.60 Å². The fraction of sp³-hybridized carbons (Fsp3) is 0.720. The number of ether oxygens (including phenoxy) is 1. The molecule has 0 aliphatic heterocycles. The van der Waals surface area contributed by atoms with Gasteiger partial charge in [-0.3, -0.25) is 10.1 Å². The van der Waals surface area contributed by atoms with E-state index in [2.05, 4.69) is 46.4 Å². The van der Waals surface area contributed by atoms with Crippen molar-refractivity contribution in [2.75, 3.05) is 0 Å². The molecule has 4 heteroatoms. The van der Waals surface area contributed by atoms with Gasteiger partial charge >= 0.3 is 5.97 Å². The highest BCUT2D eigenvalue weighted by Crippen LogP contribution is 2.41. The van der Waals surface area contributed by atoms with Gasteiger partial charge in [0.2, 0.25) is 0 Å². The average Bonchev–Trinajstić information content (AvgIpc) is 2.64. The van der Waals surface area contributed by atoms with E-state index in [-0.39, 0.29) is 18.0 Å². The van der Waals surface area contributed by atoms with Crippen LogP contribution in [0.1, 0.15) is 98.6 Å². The van der Waals surface area contributed by atoms with Gasteiger partial charge in [-0.2, -0.15) is 0 Å². The normalized spacial score (nSPS) is 14.0. The maximum atomic E-state index is 12.2. The number of carbonyl (C=O) groups is 1. The van der Waals surface area contributed by atoms with Crippen molar-refractivity contribution in [1.82, 2.24) is 0 Å². The fourth-order valence-electron chi connectivity index (χ4n) is 3.83. The second kappa shape index (κ2) is 10.6. The molecule has 0 saturated heterocycles. The second-order valence-electron chi connectivity index (χ2n) is 10.5. The number of rotatable bonds is 12. The van der Waals surface area contributed by atoms with Gasteiger partial charge in [-0.1, -0.05) is 72.2 Å². The summed E-state index contributed by atoms with van der Waals surface area (Å²) in [4.78, 5) is 16.7. The number of hydrogen-bond donors (Lipinski definition) is 1. The van der Waals surface area contributed by atoms with E-state index in [4.69, 9.17) is 9.99 Å². The molecule has 0 aliphatic carbocycles. The summed E-state index contributed by atoms with van der Waals surface area (Å²) >= 11 is 0. The Labute approximate surface area is 177 Å². The summed E-state index contributed by atoms with van der Waals surface area (Å²) in [7, 11) is 0. The molecule has 0 bridgehead atoms. The van der Waals surface area contributed by atoms with Crippen LogP contribution in [0.25, 0.3) is 0 Å². The van der Waals surface area contributed by atoms with E-state index in [1.165, 1.54) is 12.8 Å². The predicted octanol–water partition coefficient (Wildman–Crippen LogP) is 7.11. The lowest BCUT2D eigenvalue weighted by Crippen LogP contribution is -2.27. The third-order valence-corrected chi connectivity index (χ3v) is 6.37. The summed E-state index contributed by atoms with van der Waals surface area (Å²) in [5.41, 5.74) is 1.46. The molecule has 0 fully saturated rings. The summed E-state index contributed by atoms with van der Waals surface area (Å²) in [5.74, 6) is 0.459. The van der Waals surface area contributed by atoms with Crippen LogP contribution in [-0.4, -0.2) is 11.2 Å². The maximum absolute atomic E-state index is 12.2. The lowest BCUT2D eigenvalue weighted by atomic mass is 9.68. The first-order valence-corrected chi connectivity index (χ1v) is 10.9. The molecular formula is C25H42O4. The van der Waals surface area contributed by atoms with Crippen LogP contribution in [0.4, 0.5) is 0 Å². The maximum Gasteiger partial charge on any atom is 0.306 e. The van der Waals surface area contributed by atoms with Crippen molar-refractivity contribution in [2.24, 2.45) is 16.7 Å². The molecule has 1 N–H and O–H groups in total. The van der Waals surface area contributed by atoms with Crippen molar-refractivity contribution >= 4 is 5.97 Å². The standard InChI is InChI=1S/C25H42O4/c1-9-15-24(5,6)19(2)17-23(3,4)16-14-22(26)28-18-20-10-12-21(13-11-20)25(7,8)29-27/h10-13,19,27H,9,14-18H2,1-8H3. The first-order chi connectivity index (χ1) is 13.3. The van der Waals surface area contributed by atoms with Crippen molar-refractivity contribution < 1.29 is 19.7 Å². The smallest absolute Gasteiger partial charge is 0.306 e. The predicted molar refractivity (Wildman–Crippen MR) is 118 cm³/mol. The molecule has 1 atom stereocenters. The number of hydrogen-bond acceptors (Lipinski definition) is 4. The van der Waals surface area contributed by atoms with Crippen molar-refractivity contribution in [2.45, 2.75) is 99.7 Å². The molecule has 0 radical (unpaired) electrons. The van der Waals surface area contributed by atoms with Crippen LogP contribution in [0.3, 0.4) is 0 Å². The zero-order valence-corrected chi connectivity index (χ0v) is 19.8. The second-order valence-corrected chi connectivity index (χ2v) is 10.5. The third kappa shape index (κ3) is 8.47. The van der Waals surface area contributed by atoms with E-state index >= 15 is 0 Å². The molecule has 166 valence electrons. The molecule has 29 heavy (non-hydrogen) atoms. The Morgan fingerprint density at radius 2 is 1.62 bits per heavy atom. The van der Waals surface area contributed by atoms with Gasteiger partial charge in [-0.25, -0.2) is 4.89 Å². The quantitative estimate of drug-likeness (QED) is 0.228. The fourth-order valence-corrected chi connectivity index (χ4v) is 3.83. The molecule has 0 aliphatic rings. The average molecular weight is 407 g/mol. The highest BCUT2D eigenvalue weighted by molar-refractivity contribution is 5.69. The summed E-state index contributed by atoms with van der Waals surface area (Å²) < 4.78 is 5.47. The van der Waals surface area contributed by atoms with Gasteiger partial charge in [0, 0.05) is 6.42 Å². The minimum atomic E-state index is -0.760. The SMILES string of the molecule is CCCC(C)(C)C(C)CC(C)(C)CCC(=O)OCc1ccc(C(C)(C)OO)cc1. The monoisotopic (exact) mass is 406 g/mol. The molecule has 1 rings (SSSR count). The number of carbonyl (C=O) groups excluding carboxylic acids is 1. The van der Waals surface area contributed by atoms with Gasteiger partial charge in [0.05, 0.1) is 0 Å².